The fourth-order valence-corrected chi connectivity index (χ4v) is 1.42. The molecule has 0 atom stereocenters. The number of hydrogen-bond acceptors (Lipinski definition) is 1. The molecule has 1 aromatic carbocycles. The van der Waals surface area contributed by atoms with Crippen LogP contribution in [0.25, 0.3) is 0 Å². The number of hydrogen-bond donors (Lipinski definition) is 1. The van der Waals surface area contributed by atoms with Crippen LogP contribution >= 0.6 is 0 Å². The summed E-state index contributed by atoms with van der Waals surface area (Å²) < 4.78 is 0. The quantitative estimate of drug-likeness (QED) is 0.702. The zero-order valence-corrected chi connectivity index (χ0v) is 9.09. The molecule has 0 aliphatic heterocycles. The maximum atomic E-state index is 3.42. The lowest BCUT2D eigenvalue weighted by Crippen LogP contribution is -2.15. The van der Waals surface area contributed by atoms with Crippen molar-refractivity contribution in [1.82, 2.24) is 5.32 Å². The molecule has 0 radical (unpaired) electrons. The van der Waals surface area contributed by atoms with Crippen LogP contribution in [0.15, 0.2) is 42.0 Å². The fraction of sp³-hybridized carbons (Fsp3) is 0.385. The molecule has 0 heterocycles. The predicted molar refractivity (Wildman–Crippen MR) is 62.2 cm³/mol. The first-order valence-corrected chi connectivity index (χ1v) is 5.23. The van der Waals surface area contributed by atoms with Gasteiger partial charge in [0.2, 0.25) is 0 Å². The van der Waals surface area contributed by atoms with Crippen molar-refractivity contribution in [2.24, 2.45) is 0 Å². The van der Waals surface area contributed by atoms with Crippen LogP contribution in [-0.2, 0) is 6.54 Å². The van der Waals surface area contributed by atoms with Gasteiger partial charge in [-0.2, -0.15) is 0 Å². The van der Waals surface area contributed by atoms with Crippen LogP contribution in [0, 0.1) is 0 Å². The van der Waals surface area contributed by atoms with Gasteiger partial charge in [0.05, 0.1) is 0 Å². The Bertz CT molecular complexity index is 275. The van der Waals surface area contributed by atoms with Crippen molar-refractivity contribution in [2.45, 2.75) is 26.8 Å². The van der Waals surface area contributed by atoms with E-state index in [0.717, 1.165) is 19.5 Å². The van der Waals surface area contributed by atoms with Crippen LogP contribution in [-0.4, -0.2) is 6.54 Å². The molecule has 0 unspecified atom stereocenters. The molecule has 1 N–H and O–H groups in total. The molecule has 1 aromatic rings. The lowest BCUT2D eigenvalue weighted by atomic mass is 10.2. The third-order valence-electron chi connectivity index (χ3n) is 2.13. The Morgan fingerprint density at radius 3 is 2.64 bits per heavy atom. The van der Waals surface area contributed by atoms with E-state index in [1.807, 2.05) is 6.07 Å². The highest BCUT2D eigenvalue weighted by Crippen LogP contribution is 1.98. The van der Waals surface area contributed by atoms with Gasteiger partial charge in [-0.25, -0.2) is 0 Å². The Balaban J connectivity index is 2.25. The zero-order valence-electron chi connectivity index (χ0n) is 9.09. The van der Waals surface area contributed by atoms with E-state index in [4.69, 9.17) is 0 Å². The van der Waals surface area contributed by atoms with Crippen molar-refractivity contribution in [2.75, 3.05) is 6.54 Å². The predicted octanol–water partition coefficient (Wildman–Crippen LogP) is 3.13. The molecule has 0 fully saturated rings. The molecule has 1 rings (SSSR count). The van der Waals surface area contributed by atoms with E-state index in [0.29, 0.717) is 0 Å². The molecule has 0 aliphatic carbocycles. The lowest BCUT2D eigenvalue weighted by molar-refractivity contribution is 0.737. The molecule has 0 saturated heterocycles. The normalized spacial score (nSPS) is 11.7. The average molecular weight is 189 g/mol. The van der Waals surface area contributed by atoms with Crippen LogP contribution in [0.2, 0.25) is 0 Å². The fourth-order valence-electron chi connectivity index (χ4n) is 1.42. The second-order valence-electron chi connectivity index (χ2n) is 3.55. The van der Waals surface area contributed by atoms with Gasteiger partial charge in [-0.1, -0.05) is 48.9 Å². The summed E-state index contributed by atoms with van der Waals surface area (Å²) >= 11 is 0. The molecule has 0 aromatic heterocycles. The van der Waals surface area contributed by atoms with Gasteiger partial charge in [-0.15, -0.1) is 0 Å². The molecule has 1 nitrogen and oxygen atoms in total. The standard InChI is InChI=1S/C13H19N/c1-3-7-12(2)10-14-11-13-8-5-4-6-9-13/h4-9,14H,3,10-11H2,1-2H3/b12-7+. The number of benzene rings is 1. The summed E-state index contributed by atoms with van der Waals surface area (Å²) in [6.45, 7) is 6.28. The van der Waals surface area contributed by atoms with Gasteiger partial charge in [0.15, 0.2) is 0 Å². The first kappa shape index (κ1) is 11.0. The highest BCUT2D eigenvalue weighted by Gasteiger charge is 1.91. The van der Waals surface area contributed by atoms with Crippen LogP contribution in [0.4, 0.5) is 0 Å². The van der Waals surface area contributed by atoms with Crippen LogP contribution in [0.1, 0.15) is 25.8 Å². The van der Waals surface area contributed by atoms with Gasteiger partial charge in [0.25, 0.3) is 0 Å². The average Bonchev–Trinajstić information content (AvgIpc) is 2.20. The first-order chi connectivity index (χ1) is 6.83. The molecule has 0 bridgehead atoms. The summed E-state index contributed by atoms with van der Waals surface area (Å²) in [4.78, 5) is 0. The lowest BCUT2D eigenvalue weighted by Gasteiger charge is -2.04. The van der Waals surface area contributed by atoms with E-state index in [2.05, 4.69) is 49.5 Å². The molecule has 0 aliphatic rings. The highest BCUT2D eigenvalue weighted by molar-refractivity contribution is 5.14. The van der Waals surface area contributed by atoms with E-state index in [-0.39, 0.29) is 0 Å². The molecular formula is C13H19N. The van der Waals surface area contributed by atoms with E-state index >= 15 is 0 Å². The van der Waals surface area contributed by atoms with E-state index < -0.39 is 0 Å². The first-order valence-electron chi connectivity index (χ1n) is 5.23. The Hall–Kier alpha value is -1.08. The summed E-state index contributed by atoms with van der Waals surface area (Å²) in [6.07, 6.45) is 3.39. The second-order valence-corrected chi connectivity index (χ2v) is 3.55. The molecule has 0 amide bonds. The third kappa shape index (κ3) is 4.24. The van der Waals surface area contributed by atoms with E-state index in [1.54, 1.807) is 0 Å². The van der Waals surface area contributed by atoms with Crippen molar-refractivity contribution in [3.63, 3.8) is 0 Å². The second kappa shape index (κ2) is 6.39. The van der Waals surface area contributed by atoms with Crippen LogP contribution in [0.3, 0.4) is 0 Å². The van der Waals surface area contributed by atoms with Gasteiger partial charge in [-0.05, 0) is 18.9 Å². The topological polar surface area (TPSA) is 12.0 Å². The van der Waals surface area contributed by atoms with Crippen molar-refractivity contribution in [3.8, 4) is 0 Å². The Labute approximate surface area is 86.8 Å². The minimum absolute atomic E-state index is 0.954. The number of allylic oxidation sites excluding steroid dienone is 1. The number of rotatable bonds is 5. The van der Waals surface area contributed by atoms with Gasteiger partial charge in [0, 0.05) is 13.1 Å². The van der Waals surface area contributed by atoms with E-state index in [9.17, 15) is 0 Å². The largest absolute Gasteiger partial charge is 0.309 e. The van der Waals surface area contributed by atoms with Crippen molar-refractivity contribution >= 4 is 0 Å². The van der Waals surface area contributed by atoms with Gasteiger partial charge in [-0.3, -0.25) is 0 Å². The van der Waals surface area contributed by atoms with Crippen LogP contribution < -0.4 is 5.32 Å². The molecule has 0 saturated carbocycles. The minimum atomic E-state index is 0.954. The maximum Gasteiger partial charge on any atom is 0.0208 e. The van der Waals surface area contributed by atoms with Crippen molar-refractivity contribution in [1.29, 1.82) is 0 Å². The molecule has 14 heavy (non-hydrogen) atoms. The van der Waals surface area contributed by atoms with Crippen molar-refractivity contribution in [3.05, 3.63) is 47.5 Å². The van der Waals surface area contributed by atoms with Crippen LogP contribution in [0.5, 0.6) is 0 Å². The van der Waals surface area contributed by atoms with Gasteiger partial charge < -0.3 is 5.32 Å². The third-order valence-corrected chi connectivity index (χ3v) is 2.13. The summed E-state index contributed by atoms with van der Waals surface area (Å²) in [6, 6.07) is 10.5. The highest BCUT2D eigenvalue weighted by atomic mass is 14.8. The summed E-state index contributed by atoms with van der Waals surface area (Å²) in [7, 11) is 0. The van der Waals surface area contributed by atoms with Gasteiger partial charge in [0.1, 0.15) is 0 Å². The smallest absolute Gasteiger partial charge is 0.0208 e. The van der Waals surface area contributed by atoms with E-state index in [1.165, 1.54) is 11.1 Å². The molecule has 76 valence electrons. The molecule has 1 heteroatoms. The molecular weight excluding hydrogens is 170 g/mol. The minimum Gasteiger partial charge on any atom is -0.309 e. The monoisotopic (exact) mass is 189 g/mol. The summed E-state index contributed by atoms with van der Waals surface area (Å²) in [5, 5.41) is 3.42. The SMILES string of the molecule is CC/C=C(\C)CNCc1ccccc1. The molecule has 0 spiro atoms. The Morgan fingerprint density at radius 1 is 1.29 bits per heavy atom. The number of nitrogens with one attached hydrogen (secondary N) is 1. The maximum absolute atomic E-state index is 3.42. The Morgan fingerprint density at radius 2 is 2.00 bits per heavy atom. The van der Waals surface area contributed by atoms with Crippen molar-refractivity contribution < 1.29 is 0 Å². The zero-order chi connectivity index (χ0) is 10.2. The Kier molecular flexibility index (Phi) is 5.02. The summed E-state index contributed by atoms with van der Waals surface area (Å²) in [5.74, 6) is 0. The van der Waals surface area contributed by atoms with Gasteiger partial charge >= 0.3 is 0 Å². The summed E-state index contributed by atoms with van der Waals surface area (Å²) in [5.41, 5.74) is 2.76.